The molecule has 0 aliphatic rings. The molecule has 0 amide bonds. The number of nitrogens with two attached hydrogens (primary N) is 1. The lowest BCUT2D eigenvalue weighted by Crippen LogP contribution is -2.08. The van der Waals surface area contributed by atoms with Crippen molar-refractivity contribution in [1.82, 2.24) is 0 Å². The summed E-state index contributed by atoms with van der Waals surface area (Å²) in [6, 6.07) is 14.9. The molecule has 3 rings (SSSR count). The molecule has 0 bridgehead atoms. The molecule has 28 heavy (non-hydrogen) atoms. The second-order valence-corrected chi connectivity index (χ2v) is 6.06. The zero-order chi connectivity index (χ0) is 20.5. The van der Waals surface area contributed by atoms with Gasteiger partial charge in [0.05, 0.1) is 11.1 Å². The molecule has 0 heterocycles. The molecule has 0 fully saturated rings. The summed E-state index contributed by atoms with van der Waals surface area (Å²) in [6.45, 7) is 0. The van der Waals surface area contributed by atoms with Gasteiger partial charge in [-0.25, -0.2) is 4.79 Å². The molecule has 3 aromatic rings. The van der Waals surface area contributed by atoms with Gasteiger partial charge in [-0.05, 0) is 35.4 Å². The van der Waals surface area contributed by atoms with Gasteiger partial charge in [-0.1, -0.05) is 42.5 Å². The highest BCUT2D eigenvalue weighted by Gasteiger charge is 2.30. The molecular weight excluding hydrogens is 371 g/mol. The van der Waals surface area contributed by atoms with Crippen LogP contribution in [0.25, 0.3) is 11.1 Å². The predicted octanol–water partition coefficient (Wildman–Crippen LogP) is 4.88. The van der Waals surface area contributed by atoms with E-state index < -0.39 is 23.5 Å². The summed E-state index contributed by atoms with van der Waals surface area (Å²) in [5.41, 5.74) is 6.12. The summed E-state index contributed by atoms with van der Waals surface area (Å²) in [6.07, 6.45) is -4.45. The summed E-state index contributed by atoms with van der Waals surface area (Å²) in [4.78, 5) is 24.0. The monoisotopic (exact) mass is 385 g/mol. The van der Waals surface area contributed by atoms with Crippen LogP contribution < -0.4 is 5.73 Å². The SMILES string of the molecule is Nc1cc(C(=O)c2ccccc2-c2ccc(C(F)(F)F)cc2)ccc1C(=O)O. The lowest BCUT2D eigenvalue weighted by Gasteiger charge is -2.12. The number of aromatic carboxylic acids is 1. The number of benzene rings is 3. The molecule has 0 aliphatic carbocycles. The second-order valence-electron chi connectivity index (χ2n) is 6.06. The number of nitrogen functional groups attached to an aromatic ring is 1. The quantitative estimate of drug-likeness (QED) is 0.495. The van der Waals surface area contributed by atoms with Crippen LogP contribution in [0.3, 0.4) is 0 Å². The van der Waals surface area contributed by atoms with Crippen molar-refractivity contribution in [3.8, 4) is 11.1 Å². The summed E-state index contributed by atoms with van der Waals surface area (Å²) in [7, 11) is 0. The van der Waals surface area contributed by atoms with Crippen LogP contribution >= 0.6 is 0 Å². The lowest BCUT2D eigenvalue weighted by atomic mass is 9.93. The van der Waals surface area contributed by atoms with Crippen molar-refractivity contribution in [3.05, 3.63) is 89.0 Å². The second kappa shape index (κ2) is 7.19. The average Bonchev–Trinajstić information content (AvgIpc) is 2.66. The van der Waals surface area contributed by atoms with E-state index in [2.05, 4.69) is 0 Å². The zero-order valence-corrected chi connectivity index (χ0v) is 14.3. The average molecular weight is 385 g/mol. The van der Waals surface area contributed by atoms with Crippen LogP contribution in [-0.4, -0.2) is 16.9 Å². The zero-order valence-electron chi connectivity index (χ0n) is 14.3. The highest BCUT2D eigenvalue weighted by Crippen LogP contribution is 2.32. The number of halogens is 3. The number of ketones is 1. The van der Waals surface area contributed by atoms with E-state index in [0.29, 0.717) is 11.1 Å². The van der Waals surface area contributed by atoms with Crippen LogP contribution in [0.4, 0.5) is 18.9 Å². The summed E-state index contributed by atoms with van der Waals surface area (Å²) >= 11 is 0. The van der Waals surface area contributed by atoms with Crippen LogP contribution in [0, 0.1) is 0 Å². The number of hydrogen-bond acceptors (Lipinski definition) is 3. The van der Waals surface area contributed by atoms with Crippen molar-refractivity contribution in [1.29, 1.82) is 0 Å². The first kappa shape index (κ1) is 19.2. The van der Waals surface area contributed by atoms with Gasteiger partial charge in [-0.15, -0.1) is 0 Å². The first-order chi connectivity index (χ1) is 13.2. The third-order valence-electron chi connectivity index (χ3n) is 4.24. The van der Waals surface area contributed by atoms with Crippen LogP contribution in [0.15, 0.2) is 66.7 Å². The van der Waals surface area contributed by atoms with E-state index in [1.54, 1.807) is 24.3 Å². The number of anilines is 1. The first-order valence-electron chi connectivity index (χ1n) is 8.12. The fourth-order valence-corrected chi connectivity index (χ4v) is 2.83. The Labute approximate surface area is 158 Å². The van der Waals surface area contributed by atoms with Crippen LogP contribution in [0.1, 0.15) is 31.8 Å². The van der Waals surface area contributed by atoms with E-state index in [4.69, 9.17) is 10.8 Å². The lowest BCUT2D eigenvalue weighted by molar-refractivity contribution is -0.137. The fourth-order valence-electron chi connectivity index (χ4n) is 2.83. The number of hydrogen-bond donors (Lipinski definition) is 2. The number of carboxylic acid groups (broad SMARTS) is 1. The minimum Gasteiger partial charge on any atom is -0.478 e. The Morgan fingerprint density at radius 3 is 2.07 bits per heavy atom. The Morgan fingerprint density at radius 1 is 0.857 bits per heavy atom. The minimum absolute atomic E-state index is 0.0506. The molecule has 4 nitrogen and oxygen atoms in total. The van der Waals surface area contributed by atoms with Gasteiger partial charge in [-0.2, -0.15) is 13.2 Å². The first-order valence-corrected chi connectivity index (χ1v) is 8.12. The molecule has 0 aromatic heterocycles. The number of rotatable bonds is 4. The van der Waals surface area contributed by atoms with Gasteiger partial charge in [0.1, 0.15) is 0 Å². The molecule has 3 aromatic carbocycles. The Balaban J connectivity index is 2.02. The van der Waals surface area contributed by atoms with E-state index in [1.807, 2.05) is 0 Å². The minimum atomic E-state index is -4.45. The van der Waals surface area contributed by atoms with Crippen molar-refractivity contribution in [2.45, 2.75) is 6.18 Å². The Bertz CT molecular complexity index is 1060. The van der Waals surface area contributed by atoms with Gasteiger partial charge in [0.2, 0.25) is 0 Å². The standard InChI is InChI=1S/C21H14F3NO3/c22-21(23,24)14-8-5-12(6-9-14)15-3-1-2-4-16(15)19(26)13-7-10-17(20(27)28)18(25)11-13/h1-11H,25H2,(H,27,28). The molecule has 142 valence electrons. The van der Waals surface area contributed by atoms with E-state index in [1.165, 1.54) is 30.3 Å². The van der Waals surface area contributed by atoms with Gasteiger partial charge in [0, 0.05) is 16.8 Å². The molecule has 0 atom stereocenters. The molecule has 0 radical (unpaired) electrons. The summed E-state index contributed by atoms with van der Waals surface area (Å²) < 4.78 is 38.3. The fraction of sp³-hybridized carbons (Fsp3) is 0.0476. The van der Waals surface area contributed by atoms with Crippen molar-refractivity contribution < 1.29 is 27.9 Å². The van der Waals surface area contributed by atoms with Gasteiger partial charge in [0.15, 0.2) is 5.78 Å². The number of carbonyl (C=O) groups excluding carboxylic acids is 1. The van der Waals surface area contributed by atoms with Gasteiger partial charge >= 0.3 is 12.1 Å². The maximum atomic E-state index is 12.9. The molecule has 0 saturated heterocycles. The molecule has 3 N–H and O–H groups in total. The van der Waals surface area contributed by atoms with Crippen molar-refractivity contribution >= 4 is 17.4 Å². The summed E-state index contributed by atoms with van der Waals surface area (Å²) in [5.74, 6) is -1.62. The van der Waals surface area contributed by atoms with Crippen molar-refractivity contribution in [2.75, 3.05) is 5.73 Å². The van der Waals surface area contributed by atoms with Gasteiger partial charge in [0.25, 0.3) is 0 Å². The third-order valence-corrected chi connectivity index (χ3v) is 4.24. The molecule has 7 heteroatoms. The smallest absolute Gasteiger partial charge is 0.416 e. The van der Waals surface area contributed by atoms with Gasteiger partial charge < -0.3 is 10.8 Å². The topological polar surface area (TPSA) is 80.4 Å². The summed E-state index contributed by atoms with van der Waals surface area (Å²) in [5, 5.41) is 9.04. The number of carboxylic acids is 1. The highest BCUT2D eigenvalue weighted by molar-refractivity contribution is 6.13. The maximum absolute atomic E-state index is 12.9. The number of alkyl halides is 3. The van der Waals surface area contributed by atoms with E-state index >= 15 is 0 Å². The largest absolute Gasteiger partial charge is 0.478 e. The molecule has 0 saturated carbocycles. The highest BCUT2D eigenvalue weighted by atomic mass is 19.4. The van der Waals surface area contributed by atoms with Crippen LogP contribution in [0.5, 0.6) is 0 Å². The molecule has 0 unspecified atom stereocenters. The van der Waals surface area contributed by atoms with E-state index in [-0.39, 0.29) is 22.4 Å². The number of carbonyl (C=O) groups is 2. The van der Waals surface area contributed by atoms with Gasteiger partial charge in [-0.3, -0.25) is 4.79 Å². The Hall–Kier alpha value is -3.61. The Morgan fingerprint density at radius 2 is 1.50 bits per heavy atom. The van der Waals surface area contributed by atoms with E-state index in [0.717, 1.165) is 12.1 Å². The third kappa shape index (κ3) is 3.73. The molecule has 0 aliphatic heterocycles. The molecular formula is C21H14F3NO3. The maximum Gasteiger partial charge on any atom is 0.416 e. The van der Waals surface area contributed by atoms with E-state index in [9.17, 15) is 22.8 Å². The normalized spacial score (nSPS) is 11.2. The van der Waals surface area contributed by atoms with Crippen molar-refractivity contribution in [3.63, 3.8) is 0 Å². The van der Waals surface area contributed by atoms with Crippen molar-refractivity contribution in [2.24, 2.45) is 0 Å². The molecule has 0 spiro atoms. The Kier molecular flexibility index (Phi) is 4.92. The van der Waals surface area contributed by atoms with Crippen LogP contribution in [0.2, 0.25) is 0 Å². The van der Waals surface area contributed by atoms with Crippen LogP contribution in [-0.2, 0) is 6.18 Å². The predicted molar refractivity (Wildman–Crippen MR) is 98.1 cm³/mol.